The number of allylic oxidation sites excluding steroid dienone is 1. The zero-order valence-corrected chi connectivity index (χ0v) is 6.06. The minimum atomic E-state index is 0. The van der Waals surface area contributed by atoms with Crippen LogP contribution in [-0.4, -0.2) is 0 Å². The summed E-state index contributed by atoms with van der Waals surface area (Å²) in [5, 5.41) is 0. The van der Waals surface area contributed by atoms with Crippen molar-refractivity contribution in [2.75, 3.05) is 0 Å². The molecule has 0 spiro atoms. The van der Waals surface area contributed by atoms with Gasteiger partial charge in [0.25, 0.3) is 0 Å². The summed E-state index contributed by atoms with van der Waals surface area (Å²) in [7, 11) is 0. The molecule has 42 valence electrons. The van der Waals surface area contributed by atoms with Crippen LogP contribution in [0.3, 0.4) is 0 Å². The van der Waals surface area contributed by atoms with Crippen molar-refractivity contribution in [3.05, 3.63) is 12.7 Å². The summed E-state index contributed by atoms with van der Waals surface area (Å²) in [5.41, 5.74) is 0. The first kappa shape index (κ1) is 15.7. The van der Waals surface area contributed by atoms with Crippen LogP contribution in [0.1, 0.15) is 0 Å². The Morgan fingerprint density at radius 2 is 1.83 bits per heavy atom. The maximum atomic E-state index is 3.44. The molecule has 0 aliphatic rings. The molecule has 0 aliphatic carbocycles. The molecule has 0 fully saturated rings. The zero-order chi connectivity index (χ0) is 3.41. The maximum absolute atomic E-state index is 3.44. The fraction of sp³-hybridized carbons (Fsp3) is 0.333. The van der Waals surface area contributed by atoms with Gasteiger partial charge in [-0.05, 0) is 0 Å². The van der Waals surface area contributed by atoms with Crippen molar-refractivity contribution in [1.82, 2.24) is 0 Å². The molecule has 0 bridgehead atoms. The van der Waals surface area contributed by atoms with Crippen LogP contribution in [-0.2, 0) is 19.2 Å². The smallest absolute Gasteiger partial charge is 0 e. The second-order valence-electron chi connectivity index (χ2n) is 0.418. The van der Waals surface area contributed by atoms with E-state index in [1.165, 1.54) is 0 Å². The first-order chi connectivity index (χ1) is 1.91. The normalized spacial score (nSPS) is 4.33. The Kier molecular flexibility index (Phi) is 41.2. The van der Waals surface area contributed by atoms with Gasteiger partial charge in [0, 0.05) is 37.7 Å². The largest absolute Gasteiger partial charge is 1.00 e. The molecule has 0 aromatic heterocycles. The summed E-state index contributed by atoms with van der Waals surface area (Å²) in [6.45, 7) is 3.44. The molecule has 0 saturated carbocycles. The van der Waals surface area contributed by atoms with Crippen LogP contribution in [0, 0.1) is 37.7 Å². The van der Waals surface area contributed by atoms with Gasteiger partial charge in [0.2, 0.25) is 0 Å². The van der Waals surface area contributed by atoms with Crippen LogP contribution in [0.4, 0.5) is 0 Å². The molecular formula is C3H5ArClPd. The Balaban J connectivity index is -0.0000000450. The Labute approximate surface area is 85.6 Å². The summed E-state index contributed by atoms with van der Waals surface area (Å²) in [6, 6.07) is 0. The average molecular weight is 223 g/mol. The fourth-order valence-electron chi connectivity index (χ4n) is 0. The van der Waals surface area contributed by atoms with E-state index >= 15 is 0 Å². The first-order valence-electron chi connectivity index (χ1n) is 1.04. The van der Waals surface area contributed by atoms with E-state index in [1.807, 2.05) is 6.08 Å². The molecule has 0 saturated heterocycles. The van der Waals surface area contributed by atoms with E-state index in [1.54, 1.807) is 0 Å². The van der Waals surface area contributed by atoms with E-state index in [2.05, 4.69) is 25.8 Å². The number of rotatable bonds is 1. The predicted molar refractivity (Wildman–Crippen MR) is 15.0 cm³/mol. The van der Waals surface area contributed by atoms with Crippen molar-refractivity contribution >= 4 is 0 Å². The Hall–Kier alpha value is 1.95. The molecule has 0 amide bonds. The van der Waals surface area contributed by atoms with E-state index in [0.717, 1.165) is 4.89 Å². The molecule has 0 aromatic carbocycles. The standard InChI is InChI=1S/C3H5.Ar.ClH.Pd/c1-3-2;;;/h3H,1-2H2;;1H;/q;;;+1/p-1. The fourth-order valence-corrected chi connectivity index (χ4v) is 0. The molecular weight excluding hydrogens is 218 g/mol. The van der Waals surface area contributed by atoms with Gasteiger partial charge >= 0.3 is 36.8 Å². The minimum Gasteiger partial charge on any atom is -1.00 e. The van der Waals surface area contributed by atoms with E-state index in [-0.39, 0.29) is 50.1 Å². The maximum Gasteiger partial charge on any atom is 0 e. The van der Waals surface area contributed by atoms with Crippen molar-refractivity contribution in [3.8, 4) is 0 Å². The molecule has 0 rings (SSSR count). The van der Waals surface area contributed by atoms with Crippen LogP contribution in [0.25, 0.3) is 0 Å². The van der Waals surface area contributed by atoms with Crippen LogP contribution in [0.15, 0.2) is 12.7 Å². The molecule has 0 aliphatic heterocycles. The summed E-state index contributed by atoms with van der Waals surface area (Å²) in [5.74, 6) is 0. The second-order valence-corrected chi connectivity index (χ2v) is 1.05. The third-order valence-electron chi connectivity index (χ3n) is 0.0913. The van der Waals surface area contributed by atoms with Gasteiger partial charge in [-0.15, -0.1) is 0 Å². The van der Waals surface area contributed by atoms with Gasteiger partial charge in [-0.25, -0.2) is 0 Å². The predicted octanol–water partition coefficient (Wildman–Crippen LogP) is -1.86. The van der Waals surface area contributed by atoms with Crippen molar-refractivity contribution in [2.24, 2.45) is 0 Å². The Bertz CT molecular complexity index is 24.8. The van der Waals surface area contributed by atoms with E-state index < -0.39 is 0 Å². The van der Waals surface area contributed by atoms with Crippen LogP contribution in [0.2, 0.25) is 4.89 Å². The monoisotopic (exact) mass is 222 g/mol. The summed E-state index contributed by atoms with van der Waals surface area (Å²) >= 11 is 2.92. The third-order valence-corrected chi connectivity index (χ3v) is 0.540. The third kappa shape index (κ3) is 16.7. The van der Waals surface area contributed by atoms with Crippen molar-refractivity contribution < 1.29 is 69.3 Å². The van der Waals surface area contributed by atoms with Crippen molar-refractivity contribution in [2.45, 2.75) is 4.89 Å². The first-order valence-corrected chi connectivity index (χ1v) is 2.14. The molecule has 3 heteroatoms. The molecule has 0 unspecified atom stereocenters. The van der Waals surface area contributed by atoms with Crippen LogP contribution >= 0.6 is 0 Å². The van der Waals surface area contributed by atoms with Gasteiger partial charge in [0.15, 0.2) is 0 Å². The van der Waals surface area contributed by atoms with E-state index in [4.69, 9.17) is 0 Å². The van der Waals surface area contributed by atoms with E-state index in [9.17, 15) is 0 Å². The van der Waals surface area contributed by atoms with Gasteiger partial charge < -0.3 is 12.4 Å². The average Bonchev–Trinajstić information content (AvgIpc) is 1.37. The molecule has 0 N–H and O–H groups in total. The van der Waals surface area contributed by atoms with E-state index in [0.29, 0.717) is 0 Å². The Morgan fingerprint density at radius 1 is 1.67 bits per heavy atom. The van der Waals surface area contributed by atoms with Crippen molar-refractivity contribution in [3.63, 3.8) is 0 Å². The summed E-state index contributed by atoms with van der Waals surface area (Å²) in [6.07, 6.45) is 1.81. The van der Waals surface area contributed by atoms with Gasteiger partial charge in [-0.1, -0.05) is 0 Å². The molecule has 0 aromatic rings. The minimum absolute atomic E-state index is 0. The van der Waals surface area contributed by atoms with Gasteiger partial charge in [0.05, 0.1) is 0 Å². The summed E-state index contributed by atoms with van der Waals surface area (Å²) in [4.78, 5) is 0.933. The second kappa shape index (κ2) is 15.8. The van der Waals surface area contributed by atoms with Crippen LogP contribution < -0.4 is 12.4 Å². The molecule has 0 nitrogen and oxygen atoms in total. The number of hydrogen-bond acceptors (Lipinski definition) is 0. The molecule has 6 heavy (non-hydrogen) atoms. The molecule has 0 heterocycles. The SMILES string of the molecule is C=C[CH2][Pd+].[Ar].[Cl-]. The van der Waals surface area contributed by atoms with Gasteiger partial charge in [-0.2, -0.15) is 0 Å². The molecule has 0 atom stereocenters. The van der Waals surface area contributed by atoms with Crippen molar-refractivity contribution in [1.29, 1.82) is 0 Å². The van der Waals surface area contributed by atoms with Gasteiger partial charge in [0.1, 0.15) is 0 Å². The zero-order valence-electron chi connectivity index (χ0n) is 3.04. The quantitative estimate of drug-likeness (QED) is 0.361. The van der Waals surface area contributed by atoms with Gasteiger partial charge in [-0.3, -0.25) is 0 Å². The molecule has 0 radical (unpaired) electrons. The summed E-state index contributed by atoms with van der Waals surface area (Å²) < 4.78 is 0. The van der Waals surface area contributed by atoms with Crippen LogP contribution in [0.5, 0.6) is 0 Å². The number of halogens is 1. The Morgan fingerprint density at radius 3 is 1.83 bits per heavy atom. The number of hydrogen-bond donors (Lipinski definition) is 0. The topological polar surface area (TPSA) is 0 Å².